The highest BCUT2D eigenvalue weighted by molar-refractivity contribution is 9.10. The molecular weight excluding hydrogens is 401 g/mol. The monoisotopic (exact) mass is 415 g/mol. The fourth-order valence-electron chi connectivity index (χ4n) is 2.28. The molecule has 2 rings (SSSR count). The summed E-state index contributed by atoms with van der Waals surface area (Å²) in [6, 6.07) is 10.7. The first kappa shape index (κ1) is 16.5. The highest BCUT2D eigenvalue weighted by Crippen LogP contribution is 2.31. The summed E-state index contributed by atoms with van der Waals surface area (Å²) < 4.78 is 20.4. The van der Waals surface area contributed by atoms with Gasteiger partial charge in [-0.1, -0.05) is 37.9 Å². The van der Waals surface area contributed by atoms with E-state index >= 15 is 0 Å². The second kappa shape index (κ2) is 7.38. The zero-order valence-electron chi connectivity index (χ0n) is 11.8. The minimum atomic E-state index is -0.250. The number of rotatable bonds is 5. The lowest BCUT2D eigenvalue weighted by Gasteiger charge is -2.20. The van der Waals surface area contributed by atoms with Crippen LogP contribution < -0.4 is 10.1 Å². The smallest absolute Gasteiger partial charge is 0.124 e. The minimum Gasteiger partial charge on any atom is -0.496 e. The summed E-state index contributed by atoms with van der Waals surface area (Å²) >= 11 is 6.91. The van der Waals surface area contributed by atoms with Crippen molar-refractivity contribution in [2.24, 2.45) is 0 Å². The number of methoxy groups -OCH3 is 1. The van der Waals surface area contributed by atoms with Gasteiger partial charge in [0.2, 0.25) is 0 Å². The molecule has 0 radical (unpaired) electrons. The topological polar surface area (TPSA) is 21.3 Å². The average molecular weight is 417 g/mol. The number of hydrogen-bond donors (Lipinski definition) is 1. The number of benzene rings is 2. The normalized spacial score (nSPS) is 12.2. The maximum atomic E-state index is 13.2. The SMILES string of the molecule is CNC(Cc1cc(Br)ccc1OC)c1ccc(F)cc1Br. The lowest BCUT2D eigenvalue weighted by Crippen LogP contribution is -2.19. The van der Waals surface area contributed by atoms with Crippen LogP contribution in [0.1, 0.15) is 17.2 Å². The fraction of sp³-hybridized carbons (Fsp3) is 0.250. The summed E-state index contributed by atoms with van der Waals surface area (Å²) in [5, 5.41) is 3.27. The first-order chi connectivity index (χ1) is 10.0. The van der Waals surface area contributed by atoms with Crippen molar-refractivity contribution in [3.8, 4) is 5.75 Å². The van der Waals surface area contributed by atoms with E-state index in [1.54, 1.807) is 13.2 Å². The van der Waals surface area contributed by atoms with Crippen LogP contribution in [0.25, 0.3) is 0 Å². The van der Waals surface area contributed by atoms with Crippen LogP contribution in [-0.4, -0.2) is 14.2 Å². The fourth-order valence-corrected chi connectivity index (χ4v) is 3.31. The van der Waals surface area contributed by atoms with Crippen molar-refractivity contribution in [3.63, 3.8) is 0 Å². The molecular formula is C16H16Br2FNO. The van der Waals surface area contributed by atoms with Crippen LogP contribution in [0.2, 0.25) is 0 Å². The maximum absolute atomic E-state index is 13.2. The van der Waals surface area contributed by atoms with Gasteiger partial charge in [0.15, 0.2) is 0 Å². The average Bonchev–Trinajstić information content (AvgIpc) is 2.45. The van der Waals surface area contributed by atoms with Gasteiger partial charge in [0, 0.05) is 15.0 Å². The van der Waals surface area contributed by atoms with E-state index in [-0.39, 0.29) is 11.9 Å². The van der Waals surface area contributed by atoms with E-state index < -0.39 is 0 Å². The van der Waals surface area contributed by atoms with E-state index in [9.17, 15) is 4.39 Å². The molecule has 2 nitrogen and oxygen atoms in total. The molecule has 21 heavy (non-hydrogen) atoms. The summed E-state index contributed by atoms with van der Waals surface area (Å²) in [6.45, 7) is 0. The van der Waals surface area contributed by atoms with Gasteiger partial charge >= 0.3 is 0 Å². The largest absolute Gasteiger partial charge is 0.496 e. The van der Waals surface area contributed by atoms with Crippen LogP contribution in [0.3, 0.4) is 0 Å². The van der Waals surface area contributed by atoms with E-state index in [1.165, 1.54) is 12.1 Å². The number of ether oxygens (including phenoxy) is 1. The molecule has 0 aliphatic rings. The van der Waals surface area contributed by atoms with E-state index in [1.807, 2.05) is 25.2 Å². The van der Waals surface area contributed by atoms with Gasteiger partial charge in [0.25, 0.3) is 0 Å². The Kier molecular flexibility index (Phi) is 5.79. The standard InChI is InChI=1S/C16H16Br2FNO/c1-20-15(13-5-4-12(19)9-14(13)18)8-10-7-11(17)3-6-16(10)21-2/h3-7,9,15,20H,8H2,1-2H3. The Balaban J connectivity index is 2.33. The van der Waals surface area contributed by atoms with Crippen molar-refractivity contribution in [1.82, 2.24) is 5.32 Å². The Morgan fingerprint density at radius 2 is 1.95 bits per heavy atom. The zero-order valence-corrected chi connectivity index (χ0v) is 15.0. The maximum Gasteiger partial charge on any atom is 0.124 e. The molecule has 5 heteroatoms. The van der Waals surface area contributed by atoms with Gasteiger partial charge in [-0.3, -0.25) is 0 Å². The molecule has 2 aromatic rings. The molecule has 0 saturated carbocycles. The lowest BCUT2D eigenvalue weighted by molar-refractivity contribution is 0.406. The van der Waals surface area contributed by atoms with Gasteiger partial charge in [-0.2, -0.15) is 0 Å². The predicted molar refractivity (Wildman–Crippen MR) is 90.3 cm³/mol. The molecule has 0 heterocycles. The summed E-state index contributed by atoms with van der Waals surface area (Å²) in [7, 11) is 3.56. The molecule has 0 fully saturated rings. The molecule has 0 bridgehead atoms. The Labute approximate surface area is 141 Å². The van der Waals surface area contributed by atoms with Crippen LogP contribution >= 0.6 is 31.9 Å². The van der Waals surface area contributed by atoms with E-state index in [0.717, 1.165) is 32.2 Å². The summed E-state index contributed by atoms with van der Waals surface area (Å²) in [5.74, 6) is 0.595. The van der Waals surface area contributed by atoms with Gasteiger partial charge in [0.05, 0.1) is 7.11 Å². The zero-order chi connectivity index (χ0) is 15.4. The molecule has 0 saturated heterocycles. The highest BCUT2D eigenvalue weighted by atomic mass is 79.9. The molecule has 0 spiro atoms. The number of likely N-dealkylation sites (N-methyl/N-ethyl adjacent to an activating group) is 1. The molecule has 112 valence electrons. The van der Waals surface area contributed by atoms with Crippen molar-refractivity contribution in [1.29, 1.82) is 0 Å². The van der Waals surface area contributed by atoms with E-state index in [4.69, 9.17) is 4.74 Å². The Morgan fingerprint density at radius 3 is 2.57 bits per heavy atom. The van der Waals surface area contributed by atoms with Crippen molar-refractivity contribution in [2.75, 3.05) is 14.2 Å². The van der Waals surface area contributed by atoms with Crippen molar-refractivity contribution < 1.29 is 9.13 Å². The van der Waals surface area contributed by atoms with Gasteiger partial charge in [0.1, 0.15) is 11.6 Å². The molecule has 0 amide bonds. The van der Waals surface area contributed by atoms with Crippen molar-refractivity contribution >= 4 is 31.9 Å². The van der Waals surface area contributed by atoms with Gasteiger partial charge < -0.3 is 10.1 Å². The predicted octanol–water partition coefficient (Wildman–Crippen LogP) is 4.86. The van der Waals surface area contributed by atoms with Crippen LogP contribution in [0.15, 0.2) is 45.3 Å². The van der Waals surface area contributed by atoms with Gasteiger partial charge in [-0.05, 0) is 54.9 Å². The third-order valence-electron chi connectivity index (χ3n) is 3.35. The molecule has 0 aliphatic carbocycles. The summed E-state index contributed by atoms with van der Waals surface area (Å²) in [5.41, 5.74) is 2.10. The number of halogens is 3. The lowest BCUT2D eigenvalue weighted by atomic mass is 9.98. The van der Waals surface area contributed by atoms with Crippen LogP contribution in [0.4, 0.5) is 4.39 Å². The molecule has 1 N–H and O–H groups in total. The first-order valence-corrected chi connectivity index (χ1v) is 8.08. The first-order valence-electron chi connectivity index (χ1n) is 6.49. The third kappa shape index (κ3) is 4.05. The molecule has 2 aromatic carbocycles. The summed E-state index contributed by atoms with van der Waals surface area (Å²) in [4.78, 5) is 0. The number of hydrogen-bond acceptors (Lipinski definition) is 2. The van der Waals surface area contributed by atoms with Crippen LogP contribution in [0.5, 0.6) is 5.75 Å². The minimum absolute atomic E-state index is 0.0585. The second-order valence-corrected chi connectivity index (χ2v) is 6.44. The Bertz CT molecular complexity index is 634. The quantitative estimate of drug-likeness (QED) is 0.751. The van der Waals surface area contributed by atoms with Crippen LogP contribution in [0, 0.1) is 5.82 Å². The van der Waals surface area contributed by atoms with Crippen molar-refractivity contribution in [2.45, 2.75) is 12.5 Å². The second-order valence-electron chi connectivity index (χ2n) is 4.67. The molecule has 1 atom stereocenters. The third-order valence-corrected chi connectivity index (χ3v) is 4.53. The Hall–Kier alpha value is -0.910. The van der Waals surface area contributed by atoms with Gasteiger partial charge in [-0.15, -0.1) is 0 Å². The van der Waals surface area contributed by atoms with Crippen molar-refractivity contribution in [3.05, 3.63) is 62.3 Å². The Morgan fingerprint density at radius 1 is 1.19 bits per heavy atom. The van der Waals surface area contributed by atoms with E-state index in [2.05, 4.69) is 37.2 Å². The van der Waals surface area contributed by atoms with Gasteiger partial charge in [-0.25, -0.2) is 4.39 Å². The summed E-state index contributed by atoms with van der Waals surface area (Å²) in [6.07, 6.45) is 0.739. The van der Waals surface area contributed by atoms with E-state index in [0.29, 0.717) is 0 Å². The number of nitrogens with one attached hydrogen (secondary N) is 1. The molecule has 1 unspecified atom stereocenters. The molecule has 0 aromatic heterocycles. The highest BCUT2D eigenvalue weighted by Gasteiger charge is 2.16. The van der Waals surface area contributed by atoms with Crippen LogP contribution in [-0.2, 0) is 6.42 Å². The molecule has 0 aliphatic heterocycles.